The molecule has 0 atom stereocenters. The Morgan fingerprint density at radius 1 is 0.562 bits per heavy atom. The van der Waals surface area contributed by atoms with Gasteiger partial charge in [0.2, 0.25) is 0 Å². The molecule has 3 N–H and O–H groups in total. The molecule has 0 fully saturated rings. The van der Waals surface area contributed by atoms with Gasteiger partial charge in [0.15, 0.2) is 0 Å². The quantitative estimate of drug-likeness (QED) is 0.746. The Bertz CT molecular complexity index is 77.2. The Balaban J connectivity index is -0.0000000655. The van der Waals surface area contributed by atoms with Crippen LogP contribution < -0.4 is 0 Å². The van der Waals surface area contributed by atoms with Gasteiger partial charge in [0.05, 0.1) is 0 Å². The van der Waals surface area contributed by atoms with Crippen LogP contribution in [0.25, 0.3) is 0 Å². The topological polar surface area (TPSA) is 60.7 Å². The molecule has 3 nitrogen and oxygen atoms in total. The molecule has 99 valence electrons. The summed E-state index contributed by atoms with van der Waals surface area (Å²) in [5, 5.41) is 24.4. The predicted octanol–water partition coefficient (Wildman–Crippen LogP) is 1.90. The van der Waals surface area contributed by atoms with Crippen LogP contribution in [-0.4, -0.2) is 35.1 Å². The van der Waals surface area contributed by atoms with Crippen molar-refractivity contribution in [1.82, 2.24) is 0 Å². The number of aliphatic hydroxyl groups is 3. The number of hydrogen-bond donors (Lipinski definition) is 3. The summed E-state index contributed by atoms with van der Waals surface area (Å²) in [6.45, 7) is 12.7. The van der Waals surface area contributed by atoms with Gasteiger partial charge in [-0.25, -0.2) is 0 Å². The average molecular weight is 311 g/mol. The van der Waals surface area contributed by atoms with Gasteiger partial charge in [0.25, 0.3) is 0 Å². The van der Waals surface area contributed by atoms with Crippen LogP contribution in [0.2, 0.25) is 0 Å². The van der Waals surface area contributed by atoms with Crippen LogP contribution in [0.15, 0.2) is 0 Å². The van der Waals surface area contributed by atoms with Crippen LogP contribution in [0.3, 0.4) is 0 Å². The van der Waals surface area contributed by atoms with Gasteiger partial charge in [-0.1, -0.05) is 41.5 Å². The van der Waals surface area contributed by atoms with E-state index < -0.39 is 0 Å². The standard InChI is InChI=1S/3C4H10O.Y/c3*1-4(2)3-5;/h3*4-5H,3H2,1-2H3;. The summed E-state index contributed by atoms with van der Waals surface area (Å²) in [7, 11) is 0. The monoisotopic (exact) mass is 311 g/mol. The number of rotatable bonds is 3. The molecule has 0 bridgehead atoms. The molecule has 4 heteroatoms. The summed E-state index contributed by atoms with van der Waals surface area (Å²) < 4.78 is 0. The van der Waals surface area contributed by atoms with E-state index in [1.807, 2.05) is 41.5 Å². The SMILES string of the molecule is CC(C)CO.CC(C)CO.CC(C)CO.[Y]. The van der Waals surface area contributed by atoms with Gasteiger partial charge in [-0.15, -0.1) is 0 Å². The second-order valence-corrected chi connectivity index (χ2v) is 4.73. The fourth-order valence-electron chi connectivity index (χ4n) is 0. The Kier molecular flexibility index (Phi) is 34.2. The summed E-state index contributed by atoms with van der Waals surface area (Å²) >= 11 is 0. The number of hydrogen-bond acceptors (Lipinski definition) is 3. The molecular weight excluding hydrogens is 281 g/mol. The van der Waals surface area contributed by atoms with E-state index in [1.165, 1.54) is 0 Å². The van der Waals surface area contributed by atoms with Crippen molar-refractivity contribution in [1.29, 1.82) is 0 Å². The van der Waals surface area contributed by atoms with Gasteiger partial charge in [-0.3, -0.25) is 0 Å². The second kappa shape index (κ2) is 21.3. The Morgan fingerprint density at radius 3 is 0.625 bits per heavy atom. The summed E-state index contributed by atoms with van der Waals surface area (Å²) in [6, 6.07) is 0. The molecule has 1 radical (unpaired) electrons. The molecule has 0 aromatic rings. The second-order valence-electron chi connectivity index (χ2n) is 4.73. The Labute approximate surface area is 127 Å². The van der Waals surface area contributed by atoms with E-state index in [0.717, 1.165) is 0 Å². The van der Waals surface area contributed by atoms with E-state index in [9.17, 15) is 0 Å². The molecule has 0 aromatic carbocycles. The van der Waals surface area contributed by atoms with Gasteiger partial charge in [0, 0.05) is 52.5 Å². The van der Waals surface area contributed by atoms with E-state index >= 15 is 0 Å². The molecule has 0 rings (SSSR count). The molecule has 0 unspecified atom stereocenters. The van der Waals surface area contributed by atoms with Gasteiger partial charge in [-0.2, -0.15) is 0 Å². The molecule has 16 heavy (non-hydrogen) atoms. The van der Waals surface area contributed by atoms with Crippen molar-refractivity contribution in [2.75, 3.05) is 19.8 Å². The fraction of sp³-hybridized carbons (Fsp3) is 1.00. The number of aliphatic hydroxyl groups excluding tert-OH is 3. The predicted molar refractivity (Wildman–Crippen MR) is 65.8 cm³/mol. The van der Waals surface area contributed by atoms with Gasteiger partial charge in [-0.05, 0) is 17.8 Å². The first-order valence-corrected chi connectivity index (χ1v) is 5.64. The molecule has 0 spiro atoms. The van der Waals surface area contributed by atoms with Crippen molar-refractivity contribution in [3.05, 3.63) is 0 Å². The van der Waals surface area contributed by atoms with Gasteiger partial charge < -0.3 is 15.3 Å². The smallest absolute Gasteiger partial charge is 0.0453 e. The van der Waals surface area contributed by atoms with Crippen molar-refractivity contribution in [3.8, 4) is 0 Å². The largest absolute Gasteiger partial charge is 0.396 e. The van der Waals surface area contributed by atoms with E-state index in [2.05, 4.69) is 0 Å². The molecule has 0 saturated heterocycles. The van der Waals surface area contributed by atoms with E-state index in [1.54, 1.807) is 0 Å². The van der Waals surface area contributed by atoms with Crippen LogP contribution in [0.4, 0.5) is 0 Å². The summed E-state index contributed by atoms with van der Waals surface area (Å²) in [5.74, 6) is 1.32. The Hall–Kier alpha value is 0.984. The third kappa shape index (κ3) is 60.1. The van der Waals surface area contributed by atoms with Crippen LogP contribution in [0.5, 0.6) is 0 Å². The van der Waals surface area contributed by atoms with Crippen molar-refractivity contribution in [2.24, 2.45) is 17.8 Å². The molecule has 0 amide bonds. The summed E-state index contributed by atoms with van der Waals surface area (Å²) in [5.41, 5.74) is 0. The van der Waals surface area contributed by atoms with Crippen LogP contribution >= 0.6 is 0 Å². The van der Waals surface area contributed by atoms with Crippen molar-refractivity contribution >= 4 is 0 Å². The normalized spacial score (nSPS) is 9.00. The van der Waals surface area contributed by atoms with E-state index in [4.69, 9.17) is 15.3 Å². The summed E-state index contributed by atoms with van der Waals surface area (Å²) in [4.78, 5) is 0. The van der Waals surface area contributed by atoms with E-state index in [-0.39, 0.29) is 32.7 Å². The zero-order chi connectivity index (χ0) is 12.9. The maximum atomic E-state index is 8.14. The first-order valence-electron chi connectivity index (χ1n) is 5.64. The minimum Gasteiger partial charge on any atom is -0.396 e. The van der Waals surface area contributed by atoms with Crippen molar-refractivity contribution in [2.45, 2.75) is 41.5 Å². The molecule has 0 aliphatic heterocycles. The molecule has 0 heterocycles. The van der Waals surface area contributed by atoms with Crippen LogP contribution in [0, 0.1) is 17.8 Å². The van der Waals surface area contributed by atoms with Crippen molar-refractivity contribution in [3.63, 3.8) is 0 Å². The molecule has 0 aliphatic carbocycles. The minimum absolute atomic E-state index is 0. The molecular formula is C12H30O3Y. The minimum atomic E-state index is 0. The van der Waals surface area contributed by atoms with Crippen molar-refractivity contribution < 1.29 is 48.0 Å². The van der Waals surface area contributed by atoms with Gasteiger partial charge in [0.1, 0.15) is 0 Å². The zero-order valence-electron chi connectivity index (χ0n) is 11.8. The molecule has 0 aliphatic rings. The first-order chi connectivity index (χ1) is 6.81. The zero-order valence-corrected chi connectivity index (χ0v) is 14.6. The first kappa shape index (κ1) is 25.7. The maximum absolute atomic E-state index is 8.14. The summed E-state index contributed by atoms with van der Waals surface area (Å²) in [6.07, 6.45) is 0. The van der Waals surface area contributed by atoms with E-state index in [0.29, 0.717) is 37.6 Å². The third-order valence-corrected chi connectivity index (χ3v) is 1.10. The Morgan fingerprint density at radius 2 is 0.625 bits per heavy atom. The molecule has 0 aromatic heterocycles. The third-order valence-electron chi connectivity index (χ3n) is 1.10. The fourth-order valence-corrected chi connectivity index (χ4v) is 0. The van der Waals surface area contributed by atoms with Crippen LogP contribution in [0.1, 0.15) is 41.5 Å². The van der Waals surface area contributed by atoms with Gasteiger partial charge >= 0.3 is 0 Å². The molecule has 0 saturated carbocycles. The van der Waals surface area contributed by atoms with Crippen LogP contribution in [-0.2, 0) is 32.7 Å². The maximum Gasteiger partial charge on any atom is 0.0453 e. The average Bonchev–Trinajstić information content (AvgIpc) is 2.19.